The van der Waals surface area contributed by atoms with Gasteiger partial charge in [-0.2, -0.15) is 0 Å². The second kappa shape index (κ2) is 5.77. The molecule has 4 saturated carbocycles. The van der Waals surface area contributed by atoms with Crippen LogP contribution in [0.1, 0.15) is 71.6 Å². The van der Waals surface area contributed by atoms with Crippen LogP contribution in [0, 0.1) is 34.5 Å². The number of hydrogen-bond acceptors (Lipinski definition) is 4. The van der Waals surface area contributed by atoms with Crippen molar-refractivity contribution in [3.8, 4) is 0 Å². The number of fused-ring (bicyclic) bond motifs is 5. The van der Waals surface area contributed by atoms with Crippen molar-refractivity contribution in [3.05, 3.63) is 0 Å². The van der Waals surface area contributed by atoms with Crippen LogP contribution < -0.4 is 0 Å². The molecule has 142 valence electrons. The molecule has 0 aromatic carbocycles. The number of carbonyl (C=O) groups is 1. The predicted octanol–water partition coefficient (Wildman–Crippen LogP) is 2.68. The zero-order valence-corrected chi connectivity index (χ0v) is 15.7. The van der Waals surface area contributed by atoms with Crippen molar-refractivity contribution in [2.75, 3.05) is 6.61 Å². The van der Waals surface area contributed by atoms with Crippen LogP contribution in [0.25, 0.3) is 0 Å². The van der Waals surface area contributed by atoms with Crippen molar-refractivity contribution in [3.63, 3.8) is 0 Å². The van der Waals surface area contributed by atoms with Gasteiger partial charge >= 0.3 is 0 Å². The number of hydrogen-bond donors (Lipinski definition) is 3. The number of ketones is 1. The van der Waals surface area contributed by atoms with Crippen molar-refractivity contribution < 1.29 is 20.1 Å². The zero-order chi connectivity index (χ0) is 18.0. The summed E-state index contributed by atoms with van der Waals surface area (Å²) in [7, 11) is 0. The molecule has 4 aliphatic rings. The Morgan fingerprint density at radius 1 is 1.00 bits per heavy atom. The van der Waals surface area contributed by atoms with Gasteiger partial charge < -0.3 is 15.3 Å². The van der Waals surface area contributed by atoms with Crippen LogP contribution in [-0.2, 0) is 4.79 Å². The van der Waals surface area contributed by atoms with E-state index in [0.29, 0.717) is 35.5 Å². The normalized spacial score (nSPS) is 55.2. The van der Waals surface area contributed by atoms with Gasteiger partial charge in [0.25, 0.3) is 0 Å². The number of aliphatic hydroxyl groups is 3. The summed E-state index contributed by atoms with van der Waals surface area (Å²) in [6.07, 6.45) is 8.58. The highest BCUT2D eigenvalue weighted by Crippen LogP contribution is 2.68. The van der Waals surface area contributed by atoms with Crippen molar-refractivity contribution in [2.45, 2.75) is 83.3 Å². The van der Waals surface area contributed by atoms with Gasteiger partial charge in [0.2, 0.25) is 0 Å². The molecule has 0 amide bonds. The third-order valence-electron chi connectivity index (χ3n) is 9.39. The van der Waals surface area contributed by atoms with Crippen LogP contribution in [0.15, 0.2) is 0 Å². The molecule has 25 heavy (non-hydrogen) atoms. The summed E-state index contributed by atoms with van der Waals surface area (Å²) >= 11 is 0. The maximum atomic E-state index is 12.4. The summed E-state index contributed by atoms with van der Waals surface area (Å²) < 4.78 is 0. The molecule has 4 aliphatic carbocycles. The SMILES string of the molecule is C[C@@]12CC[C@H](O)C[C@@H]1CC[C@H]1[C@H]2CC[C@]2(C)[C@@H]1CC[C@@]2(O)C(=O)CO. The Morgan fingerprint density at radius 3 is 2.44 bits per heavy atom. The highest BCUT2D eigenvalue weighted by Gasteiger charge is 2.66. The summed E-state index contributed by atoms with van der Waals surface area (Å²) in [5, 5.41) is 30.7. The van der Waals surface area contributed by atoms with E-state index in [1.165, 1.54) is 12.8 Å². The van der Waals surface area contributed by atoms with Gasteiger partial charge in [0.15, 0.2) is 5.78 Å². The Morgan fingerprint density at radius 2 is 1.72 bits per heavy atom. The third-order valence-corrected chi connectivity index (χ3v) is 9.39. The molecule has 0 aliphatic heterocycles. The molecule has 0 heterocycles. The van der Waals surface area contributed by atoms with Gasteiger partial charge in [0, 0.05) is 5.41 Å². The minimum Gasteiger partial charge on any atom is -0.393 e. The van der Waals surface area contributed by atoms with E-state index in [2.05, 4.69) is 13.8 Å². The molecule has 4 rings (SSSR count). The van der Waals surface area contributed by atoms with E-state index in [1.54, 1.807) is 0 Å². The van der Waals surface area contributed by atoms with E-state index in [9.17, 15) is 20.1 Å². The standard InChI is InChI=1S/C21H34O4/c1-19-8-5-14(23)11-13(19)3-4-15-16(19)6-9-20(2)17(15)7-10-21(20,25)18(24)12-22/h13-17,22-23,25H,3-12H2,1-2H3/t13-,14-,15-,16+,17+,19+,20+,21+/m0/s1. The van der Waals surface area contributed by atoms with Gasteiger partial charge in [-0.3, -0.25) is 4.79 Å². The number of rotatable bonds is 2. The fourth-order valence-electron chi connectivity index (χ4n) is 7.84. The molecule has 4 fully saturated rings. The fraction of sp³-hybridized carbons (Fsp3) is 0.952. The Balaban J connectivity index is 1.63. The molecule has 0 bridgehead atoms. The highest BCUT2D eigenvalue weighted by atomic mass is 16.3. The highest BCUT2D eigenvalue weighted by molar-refractivity contribution is 5.89. The monoisotopic (exact) mass is 350 g/mol. The van der Waals surface area contributed by atoms with Crippen molar-refractivity contribution in [1.29, 1.82) is 0 Å². The van der Waals surface area contributed by atoms with Crippen LogP contribution in [0.2, 0.25) is 0 Å². The summed E-state index contributed by atoms with van der Waals surface area (Å²) in [5.74, 6) is 1.87. The maximum absolute atomic E-state index is 12.4. The number of Topliss-reactive ketones (excluding diaryl/α,β-unsaturated/α-hetero) is 1. The zero-order valence-electron chi connectivity index (χ0n) is 15.7. The first kappa shape index (κ1) is 17.9. The number of carbonyl (C=O) groups excluding carboxylic acids is 1. The van der Waals surface area contributed by atoms with Crippen LogP contribution in [0.4, 0.5) is 0 Å². The summed E-state index contributed by atoms with van der Waals surface area (Å²) in [4.78, 5) is 12.4. The first-order valence-corrected chi connectivity index (χ1v) is 10.3. The Kier molecular flexibility index (Phi) is 4.14. The van der Waals surface area contributed by atoms with E-state index >= 15 is 0 Å². The van der Waals surface area contributed by atoms with E-state index in [4.69, 9.17) is 0 Å². The largest absolute Gasteiger partial charge is 0.393 e. The smallest absolute Gasteiger partial charge is 0.190 e. The van der Waals surface area contributed by atoms with Gasteiger partial charge in [-0.1, -0.05) is 13.8 Å². The van der Waals surface area contributed by atoms with Crippen LogP contribution in [-0.4, -0.2) is 39.4 Å². The molecule has 0 aromatic rings. The fourth-order valence-corrected chi connectivity index (χ4v) is 7.84. The summed E-state index contributed by atoms with van der Waals surface area (Å²) in [6, 6.07) is 0. The van der Waals surface area contributed by atoms with E-state index in [0.717, 1.165) is 38.5 Å². The lowest BCUT2D eigenvalue weighted by Crippen LogP contribution is -2.59. The molecular formula is C21H34O4. The van der Waals surface area contributed by atoms with Gasteiger partial charge in [0.05, 0.1) is 6.10 Å². The van der Waals surface area contributed by atoms with Crippen LogP contribution in [0.3, 0.4) is 0 Å². The Bertz CT molecular complexity index is 562. The lowest BCUT2D eigenvalue weighted by molar-refractivity contribution is -0.174. The summed E-state index contributed by atoms with van der Waals surface area (Å²) in [5.41, 5.74) is -1.41. The van der Waals surface area contributed by atoms with E-state index in [1.807, 2.05) is 0 Å². The Hall–Kier alpha value is -0.450. The second-order valence-corrected chi connectivity index (χ2v) is 10.0. The first-order chi connectivity index (χ1) is 11.8. The van der Waals surface area contributed by atoms with Gasteiger partial charge in [-0.15, -0.1) is 0 Å². The lowest BCUT2D eigenvalue weighted by Gasteiger charge is -2.61. The van der Waals surface area contributed by atoms with Crippen molar-refractivity contribution in [1.82, 2.24) is 0 Å². The minimum atomic E-state index is -1.34. The third kappa shape index (κ3) is 2.26. The average Bonchev–Trinajstić information content (AvgIpc) is 2.87. The quantitative estimate of drug-likeness (QED) is 0.715. The Labute approximate surface area is 151 Å². The molecule has 0 radical (unpaired) electrons. The van der Waals surface area contributed by atoms with E-state index < -0.39 is 12.2 Å². The number of aliphatic hydroxyl groups excluding tert-OH is 2. The lowest BCUT2D eigenvalue weighted by atomic mass is 9.44. The summed E-state index contributed by atoms with van der Waals surface area (Å²) in [6.45, 7) is 4.00. The van der Waals surface area contributed by atoms with Gasteiger partial charge in [0.1, 0.15) is 12.2 Å². The van der Waals surface area contributed by atoms with Crippen molar-refractivity contribution in [2.24, 2.45) is 34.5 Å². The van der Waals surface area contributed by atoms with Crippen LogP contribution in [0.5, 0.6) is 0 Å². The molecule has 0 aromatic heterocycles. The molecular weight excluding hydrogens is 316 g/mol. The van der Waals surface area contributed by atoms with Crippen molar-refractivity contribution >= 4 is 5.78 Å². The molecule has 0 spiro atoms. The topological polar surface area (TPSA) is 77.8 Å². The molecule has 4 nitrogen and oxygen atoms in total. The maximum Gasteiger partial charge on any atom is 0.190 e. The molecule has 0 saturated heterocycles. The molecule has 8 atom stereocenters. The second-order valence-electron chi connectivity index (χ2n) is 10.0. The van der Waals surface area contributed by atoms with Gasteiger partial charge in [-0.05, 0) is 86.9 Å². The average molecular weight is 350 g/mol. The van der Waals surface area contributed by atoms with Gasteiger partial charge in [-0.25, -0.2) is 0 Å². The van der Waals surface area contributed by atoms with E-state index in [-0.39, 0.29) is 17.3 Å². The first-order valence-electron chi connectivity index (χ1n) is 10.3. The minimum absolute atomic E-state index is 0.123. The predicted molar refractivity (Wildman–Crippen MR) is 94.8 cm³/mol. The molecule has 0 unspecified atom stereocenters. The molecule has 4 heteroatoms. The van der Waals surface area contributed by atoms with Crippen LogP contribution >= 0.6 is 0 Å². The molecule has 3 N–H and O–H groups in total.